The van der Waals surface area contributed by atoms with Gasteiger partial charge in [0, 0.05) is 0 Å². The van der Waals surface area contributed by atoms with Crippen molar-refractivity contribution in [1.82, 2.24) is 0 Å². The summed E-state index contributed by atoms with van der Waals surface area (Å²) in [5, 5.41) is 8.61. The van der Waals surface area contributed by atoms with Crippen molar-refractivity contribution in [3.05, 3.63) is 29.3 Å². The molecule has 1 amide bonds. The molecule has 5 nitrogen and oxygen atoms in total. The first kappa shape index (κ1) is 13.1. The molecule has 1 aliphatic rings. The van der Waals surface area contributed by atoms with E-state index < -0.39 is 47.2 Å². The minimum atomic E-state index is -4.78. The lowest BCUT2D eigenvalue weighted by atomic mass is 10.1. The zero-order valence-electron chi connectivity index (χ0n) is 9.19. The Morgan fingerprint density at radius 3 is 2.42 bits per heavy atom. The Morgan fingerprint density at radius 2 is 1.89 bits per heavy atom. The normalized spacial score (nSPS) is 14.8. The van der Waals surface area contributed by atoms with E-state index in [1.165, 1.54) is 0 Å². The van der Waals surface area contributed by atoms with Crippen molar-refractivity contribution in [2.75, 3.05) is 11.4 Å². The molecule has 1 N–H and O–H groups in total. The smallest absolute Gasteiger partial charge is 0.418 e. The van der Waals surface area contributed by atoms with Crippen LogP contribution in [-0.2, 0) is 15.8 Å². The highest BCUT2D eigenvalue weighted by Gasteiger charge is 2.44. The van der Waals surface area contributed by atoms with Crippen LogP contribution in [-0.4, -0.2) is 29.3 Å². The van der Waals surface area contributed by atoms with Crippen molar-refractivity contribution in [1.29, 1.82) is 0 Å². The number of para-hydroxylation sites is 1. The molecule has 8 heteroatoms. The summed E-state index contributed by atoms with van der Waals surface area (Å²) >= 11 is 0. The highest BCUT2D eigenvalue weighted by Crippen LogP contribution is 2.41. The van der Waals surface area contributed by atoms with Gasteiger partial charge in [-0.15, -0.1) is 0 Å². The zero-order chi connectivity index (χ0) is 14.4. The quantitative estimate of drug-likeness (QED) is 0.824. The molecule has 0 spiro atoms. The van der Waals surface area contributed by atoms with Gasteiger partial charge in [-0.3, -0.25) is 19.3 Å². The summed E-state index contributed by atoms with van der Waals surface area (Å²) in [5.41, 5.74) is -2.32. The number of benzene rings is 1. The van der Waals surface area contributed by atoms with E-state index >= 15 is 0 Å². The third-order valence-corrected chi connectivity index (χ3v) is 2.59. The summed E-state index contributed by atoms with van der Waals surface area (Å²) in [6.07, 6.45) is -4.78. The molecule has 1 heterocycles. The third kappa shape index (κ3) is 2.05. The monoisotopic (exact) mass is 273 g/mol. The second kappa shape index (κ2) is 4.08. The Morgan fingerprint density at radius 1 is 1.26 bits per heavy atom. The van der Waals surface area contributed by atoms with Crippen LogP contribution in [0.5, 0.6) is 0 Å². The Balaban J connectivity index is 2.65. The Kier molecular flexibility index (Phi) is 2.80. The maximum absolute atomic E-state index is 12.8. The van der Waals surface area contributed by atoms with Crippen molar-refractivity contribution < 1.29 is 32.7 Å². The van der Waals surface area contributed by atoms with Crippen molar-refractivity contribution in [2.45, 2.75) is 6.18 Å². The number of alkyl halides is 3. The fourth-order valence-electron chi connectivity index (χ4n) is 1.87. The Bertz CT molecular complexity index is 594. The van der Waals surface area contributed by atoms with Gasteiger partial charge < -0.3 is 5.11 Å². The first-order chi connectivity index (χ1) is 8.73. The molecule has 0 unspecified atom stereocenters. The van der Waals surface area contributed by atoms with Crippen LogP contribution in [0.4, 0.5) is 18.9 Å². The molecule has 1 aromatic rings. The summed E-state index contributed by atoms with van der Waals surface area (Å²) in [7, 11) is 0. The first-order valence-corrected chi connectivity index (χ1v) is 5.01. The van der Waals surface area contributed by atoms with E-state index in [4.69, 9.17) is 5.11 Å². The van der Waals surface area contributed by atoms with Gasteiger partial charge in [0.05, 0.1) is 16.8 Å². The summed E-state index contributed by atoms with van der Waals surface area (Å²) in [6, 6.07) is 2.75. The van der Waals surface area contributed by atoms with Crippen molar-refractivity contribution in [2.24, 2.45) is 0 Å². The van der Waals surface area contributed by atoms with E-state index in [2.05, 4.69) is 0 Å². The predicted octanol–water partition coefficient (Wildman–Crippen LogP) is 1.32. The van der Waals surface area contributed by atoms with E-state index in [1.54, 1.807) is 0 Å². The van der Waals surface area contributed by atoms with E-state index in [-0.39, 0.29) is 0 Å². The first-order valence-electron chi connectivity index (χ1n) is 5.01. The van der Waals surface area contributed by atoms with Gasteiger partial charge in [0.2, 0.25) is 0 Å². The van der Waals surface area contributed by atoms with Crippen molar-refractivity contribution in [3.63, 3.8) is 0 Å². The van der Waals surface area contributed by atoms with Crippen LogP contribution in [0.15, 0.2) is 18.2 Å². The second-order valence-electron chi connectivity index (χ2n) is 3.81. The molecule has 100 valence electrons. The lowest BCUT2D eigenvalue weighted by Gasteiger charge is -2.18. The average molecular weight is 273 g/mol. The summed E-state index contributed by atoms with van der Waals surface area (Å²) < 4.78 is 38.4. The van der Waals surface area contributed by atoms with Crippen LogP contribution >= 0.6 is 0 Å². The van der Waals surface area contributed by atoms with Crippen molar-refractivity contribution in [3.8, 4) is 0 Å². The van der Waals surface area contributed by atoms with Crippen molar-refractivity contribution >= 4 is 23.3 Å². The number of anilines is 1. The van der Waals surface area contributed by atoms with Gasteiger partial charge in [-0.05, 0) is 12.1 Å². The number of carboxylic acids is 1. The molecule has 0 radical (unpaired) electrons. The number of fused-ring (bicyclic) bond motifs is 1. The molecule has 2 rings (SSSR count). The standard InChI is InChI=1S/C11H6F3NO4/c12-11(13,14)6-3-1-2-5-8(6)15(4-7(16)17)10(19)9(5)18/h1-3H,4H2,(H,16,17). The van der Waals surface area contributed by atoms with Crippen LogP contribution < -0.4 is 4.90 Å². The van der Waals surface area contributed by atoms with Gasteiger partial charge in [-0.2, -0.15) is 13.2 Å². The fraction of sp³-hybridized carbons (Fsp3) is 0.182. The zero-order valence-corrected chi connectivity index (χ0v) is 9.19. The molecular weight excluding hydrogens is 267 g/mol. The molecule has 0 fully saturated rings. The number of amides is 1. The maximum atomic E-state index is 12.8. The van der Waals surface area contributed by atoms with Gasteiger partial charge in [0.25, 0.3) is 11.7 Å². The number of carbonyl (C=O) groups excluding carboxylic acids is 2. The van der Waals surface area contributed by atoms with Crippen LogP contribution in [0.25, 0.3) is 0 Å². The van der Waals surface area contributed by atoms with Crippen LogP contribution in [0.1, 0.15) is 15.9 Å². The predicted molar refractivity (Wildman–Crippen MR) is 55.8 cm³/mol. The molecule has 0 aliphatic carbocycles. The number of ketones is 1. The van der Waals surface area contributed by atoms with Gasteiger partial charge in [-0.25, -0.2) is 0 Å². The number of nitrogens with zero attached hydrogens (tertiary/aromatic N) is 1. The Labute approximate surface area is 104 Å². The highest BCUT2D eigenvalue weighted by atomic mass is 19.4. The number of Topliss-reactive ketones (excluding diaryl/α,β-unsaturated/α-hetero) is 1. The lowest BCUT2D eigenvalue weighted by Crippen LogP contribution is -2.35. The van der Waals surface area contributed by atoms with E-state index in [0.29, 0.717) is 11.0 Å². The number of hydrogen-bond acceptors (Lipinski definition) is 3. The summed E-state index contributed by atoms with van der Waals surface area (Å²) in [4.78, 5) is 34.0. The highest BCUT2D eigenvalue weighted by molar-refractivity contribution is 6.52. The third-order valence-electron chi connectivity index (χ3n) is 2.59. The number of carboxylic acid groups (broad SMARTS) is 1. The van der Waals surface area contributed by atoms with Crippen LogP contribution in [0.2, 0.25) is 0 Å². The van der Waals surface area contributed by atoms with Gasteiger partial charge >= 0.3 is 12.1 Å². The fourth-order valence-corrected chi connectivity index (χ4v) is 1.87. The SMILES string of the molecule is O=C(O)CN1C(=O)C(=O)c2cccc(C(F)(F)F)c21. The topological polar surface area (TPSA) is 74.7 Å². The number of rotatable bonds is 2. The Hall–Kier alpha value is -2.38. The minimum Gasteiger partial charge on any atom is -0.480 e. The number of carbonyl (C=O) groups is 3. The molecule has 1 aliphatic heterocycles. The number of aliphatic carboxylic acids is 1. The van der Waals surface area contributed by atoms with Gasteiger partial charge in [0.15, 0.2) is 0 Å². The number of hydrogen-bond donors (Lipinski definition) is 1. The van der Waals surface area contributed by atoms with E-state index in [9.17, 15) is 27.6 Å². The van der Waals surface area contributed by atoms with Crippen LogP contribution in [0, 0.1) is 0 Å². The molecule has 0 aromatic heterocycles. The van der Waals surface area contributed by atoms with Crippen LogP contribution in [0.3, 0.4) is 0 Å². The molecule has 19 heavy (non-hydrogen) atoms. The second-order valence-corrected chi connectivity index (χ2v) is 3.81. The summed E-state index contributed by atoms with van der Waals surface area (Å²) in [6.45, 7) is -0.995. The minimum absolute atomic E-state index is 0.336. The molecule has 0 atom stereocenters. The average Bonchev–Trinajstić information content (AvgIpc) is 2.53. The molecule has 1 aromatic carbocycles. The van der Waals surface area contributed by atoms with E-state index in [1.807, 2.05) is 0 Å². The molecule has 0 bridgehead atoms. The summed E-state index contributed by atoms with van der Waals surface area (Å²) in [5.74, 6) is -3.91. The van der Waals surface area contributed by atoms with Gasteiger partial charge in [-0.1, -0.05) is 6.07 Å². The van der Waals surface area contributed by atoms with Gasteiger partial charge in [0.1, 0.15) is 6.54 Å². The van der Waals surface area contributed by atoms with E-state index in [0.717, 1.165) is 12.1 Å². The molecular formula is C11H6F3NO4. The number of halogens is 3. The molecule has 0 saturated heterocycles. The molecule has 0 saturated carbocycles. The largest absolute Gasteiger partial charge is 0.480 e. The lowest BCUT2D eigenvalue weighted by molar-refractivity contribution is -0.138. The maximum Gasteiger partial charge on any atom is 0.418 e.